The number of nitrogens with one attached hydrogen (secondary N) is 2. The first-order valence-electron chi connectivity index (χ1n) is 5.12. The Balaban J connectivity index is 2.51. The molecule has 0 radical (unpaired) electrons. The number of aliphatic carboxylic acids is 1. The number of hydrogen-bond acceptors (Lipinski definition) is 3. The van der Waals surface area contributed by atoms with Crippen LogP contribution in [-0.4, -0.2) is 36.0 Å². The number of rotatable bonds is 5. The van der Waals surface area contributed by atoms with E-state index in [1.807, 2.05) is 5.32 Å². The van der Waals surface area contributed by atoms with Crippen LogP contribution in [0.1, 0.15) is 10.4 Å². The minimum atomic E-state index is -1.21. The minimum absolute atomic E-state index is 0.147. The molecule has 2 amide bonds. The van der Waals surface area contributed by atoms with Gasteiger partial charge in [0.25, 0.3) is 5.91 Å². The lowest BCUT2D eigenvalue weighted by Gasteiger charge is -2.06. The fraction of sp³-hybridized carbons (Fsp3) is 0.182. The zero-order valence-electron chi connectivity index (χ0n) is 9.57. The third-order valence-corrected chi connectivity index (χ3v) is 2.26. The van der Waals surface area contributed by atoms with Crippen LogP contribution in [0.3, 0.4) is 0 Å². The van der Waals surface area contributed by atoms with Crippen LogP contribution < -0.4 is 10.6 Å². The van der Waals surface area contributed by atoms with Gasteiger partial charge < -0.3 is 15.7 Å². The first kappa shape index (κ1) is 14.9. The topological polar surface area (TPSA) is 95.5 Å². The van der Waals surface area contributed by atoms with Gasteiger partial charge in [-0.1, -0.05) is 11.6 Å². The van der Waals surface area contributed by atoms with Gasteiger partial charge in [-0.2, -0.15) is 0 Å². The summed E-state index contributed by atoms with van der Waals surface area (Å²) in [7, 11) is 0. The maximum Gasteiger partial charge on any atom is 0.322 e. The Bertz CT molecular complexity index is 521. The van der Waals surface area contributed by atoms with Crippen LogP contribution in [0.2, 0.25) is 5.02 Å². The third-order valence-electron chi connectivity index (χ3n) is 2.02. The predicted molar refractivity (Wildman–Crippen MR) is 64.4 cm³/mol. The molecule has 0 saturated heterocycles. The number of carbonyl (C=O) groups excluding carboxylic acids is 2. The van der Waals surface area contributed by atoms with Gasteiger partial charge in [0.2, 0.25) is 5.91 Å². The third kappa shape index (κ3) is 4.92. The number of amides is 2. The van der Waals surface area contributed by atoms with Crippen LogP contribution >= 0.6 is 11.6 Å². The molecular formula is C11H10ClFN2O4. The number of benzene rings is 1. The second-order valence-corrected chi connectivity index (χ2v) is 3.91. The van der Waals surface area contributed by atoms with Crippen LogP contribution in [0.15, 0.2) is 18.2 Å². The summed E-state index contributed by atoms with van der Waals surface area (Å²) in [6.45, 7) is -1.00. The van der Waals surface area contributed by atoms with Crippen LogP contribution in [0, 0.1) is 5.82 Å². The Morgan fingerprint density at radius 2 is 1.89 bits per heavy atom. The van der Waals surface area contributed by atoms with Gasteiger partial charge in [-0.15, -0.1) is 0 Å². The maximum atomic E-state index is 13.4. The Morgan fingerprint density at radius 1 is 1.21 bits per heavy atom. The van der Waals surface area contributed by atoms with E-state index < -0.39 is 36.7 Å². The summed E-state index contributed by atoms with van der Waals surface area (Å²) >= 11 is 5.53. The molecule has 0 fully saturated rings. The van der Waals surface area contributed by atoms with Crippen molar-refractivity contribution in [2.75, 3.05) is 13.1 Å². The second kappa shape index (κ2) is 6.69. The van der Waals surface area contributed by atoms with Gasteiger partial charge in [0, 0.05) is 5.02 Å². The zero-order chi connectivity index (χ0) is 14.4. The second-order valence-electron chi connectivity index (χ2n) is 3.48. The fourth-order valence-electron chi connectivity index (χ4n) is 1.17. The van der Waals surface area contributed by atoms with Crippen LogP contribution in [0.5, 0.6) is 0 Å². The standard InChI is InChI=1S/C11H10ClFN2O4/c12-6-1-2-7(8(13)3-6)11(19)15-4-9(16)14-5-10(17)18/h1-3H,4-5H2,(H,14,16)(H,15,19)(H,17,18). The number of carboxylic acids is 1. The maximum absolute atomic E-state index is 13.4. The van der Waals surface area contributed by atoms with Gasteiger partial charge in [0.15, 0.2) is 0 Å². The Labute approximate surface area is 112 Å². The number of hydrogen-bond donors (Lipinski definition) is 3. The van der Waals surface area contributed by atoms with E-state index in [0.29, 0.717) is 0 Å². The predicted octanol–water partition coefficient (Wildman–Crippen LogP) is 0.410. The van der Waals surface area contributed by atoms with Crippen molar-refractivity contribution in [2.45, 2.75) is 0 Å². The Kier molecular flexibility index (Phi) is 5.25. The highest BCUT2D eigenvalue weighted by Crippen LogP contribution is 2.14. The monoisotopic (exact) mass is 288 g/mol. The van der Waals surface area contributed by atoms with E-state index in [4.69, 9.17) is 16.7 Å². The highest BCUT2D eigenvalue weighted by Gasteiger charge is 2.13. The van der Waals surface area contributed by atoms with Gasteiger partial charge >= 0.3 is 5.97 Å². The molecular weight excluding hydrogens is 279 g/mol. The van der Waals surface area contributed by atoms with Crippen molar-refractivity contribution in [2.24, 2.45) is 0 Å². The zero-order valence-corrected chi connectivity index (χ0v) is 10.3. The smallest absolute Gasteiger partial charge is 0.322 e. The molecule has 0 aliphatic carbocycles. The van der Waals surface area contributed by atoms with Gasteiger partial charge in [0.1, 0.15) is 12.4 Å². The average Bonchev–Trinajstić information content (AvgIpc) is 2.33. The van der Waals surface area contributed by atoms with Crippen LogP contribution in [-0.2, 0) is 9.59 Å². The lowest BCUT2D eigenvalue weighted by molar-refractivity contribution is -0.137. The molecule has 0 spiro atoms. The molecule has 0 aliphatic rings. The summed E-state index contributed by atoms with van der Waals surface area (Å²) in [6, 6.07) is 3.49. The normalized spacial score (nSPS) is 9.79. The summed E-state index contributed by atoms with van der Waals surface area (Å²) in [5.41, 5.74) is -0.254. The Hall–Kier alpha value is -2.15. The molecule has 1 rings (SSSR count). The van der Waals surface area contributed by atoms with E-state index in [2.05, 4.69) is 5.32 Å². The molecule has 0 bridgehead atoms. The summed E-state index contributed by atoms with van der Waals surface area (Å²) in [5.74, 6) is -3.50. The van der Waals surface area contributed by atoms with E-state index in [1.54, 1.807) is 0 Å². The summed E-state index contributed by atoms with van der Waals surface area (Å²) in [6.07, 6.45) is 0. The van der Waals surface area contributed by atoms with Crippen molar-refractivity contribution < 1.29 is 23.9 Å². The van der Waals surface area contributed by atoms with E-state index in [-0.39, 0.29) is 10.6 Å². The summed E-state index contributed by atoms with van der Waals surface area (Å²) in [5, 5.41) is 12.7. The van der Waals surface area contributed by atoms with Crippen molar-refractivity contribution in [3.63, 3.8) is 0 Å². The Morgan fingerprint density at radius 3 is 2.47 bits per heavy atom. The molecule has 102 valence electrons. The lowest BCUT2D eigenvalue weighted by Crippen LogP contribution is -2.39. The first-order chi connectivity index (χ1) is 8.90. The highest BCUT2D eigenvalue weighted by molar-refractivity contribution is 6.30. The molecule has 3 N–H and O–H groups in total. The molecule has 0 aliphatic heterocycles. The van der Waals surface area contributed by atoms with Crippen molar-refractivity contribution in [3.8, 4) is 0 Å². The van der Waals surface area contributed by atoms with Crippen molar-refractivity contribution in [1.29, 1.82) is 0 Å². The van der Waals surface area contributed by atoms with Crippen LogP contribution in [0.4, 0.5) is 4.39 Å². The molecule has 0 heterocycles. The fourth-order valence-corrected chi connectivity index (χ4v) is 1.32. The highest BCUT2D eigenvalue weighted by atomic mass is 35.5. The van der Waals surface area contributed by atoms with Crippen molar-refractivity contribution >= 4 is 29.4 Å². The van der Waals surface area contributed by atoms with E-state index >= 15 is 0 Å². The molecule has 1 aromatic carbocycles. The van der Waals surface area contributed by atoms with Crippen molar-refractivity contribution in [3.05, 3.63) is 34.6 Å². The molecule has 0 unspecified atom stereocenters. The summed E-state index contributed by atoms with van der Waals surface area (Å²) < 4.78 is 13.4. The average molecular weight is 289 g/mol. The largest absolute Gasteiger partial charge is 0.480 e. The number of halogens is 2. The molecule has 6 nitrogen and oxygen atoms in total. The van der Waals surface area contributed by atoms with Gasteiger partial charge in [-0.3, -0.25) is 14.4 Å². The van der Waals surface area contributed by atoms with E-state index in [9.17, 15) is 18.8 Å². The summed E-state index contributed by atoms with van der Waals surface area (Å²) in [4.78, 5) is 32.8. The van der Waals surface area contributed by atoms with Gasteiger partial charge in [0.05, 0.1) is 12.1 Å². The molecule has 0 aromatic heterocycles. The van der Waals surface area contributed by atoms with Gasteiger partial charge in [-0.05, 0) is 18.2 Å². The number of carboxylic acid groups (broad SMARTS) is 1. The van der Waals surface area contributed by atoms with Crippen molar-refractivity contribution in [1.82, 2.24) is 10.6 Å². The van der Waals surface area contributed by atoms with Gasteiger partial charge in [-0.25, -0.2) is 4.39 Å². The molecule has 0 atom stereocenters. The molecule has 19 heavy (non-hydrogen) atoms. The van der Waals surface area contributed by atoms with Crippen LogP contribution in [0.25, 0.3) is 0 Å². The SMILES string of the molecule is O=C(O)CNC(=O)CNC(=O)c1ccc(Cl)cc1F. The molecule has 1 aromatic rings. The van der Waals surface area contributed by atoms with E-state index in [0.717, 1.165) is 6.07 Å². The molecule has 0 saturated carbocycles. The minimum Gasteiger partial charge on any atom is -0.480 e. The quantitative estimate of drug-likeness (QED) is 0.731. The number of carbonyl (C=O) groups is 3. The lowest BCUT2D eigenvalue weighted by atomic mass is 10.2. The first-order valence-corrected chi connectivity index (χ1v) is 5.49. The molecule has 8 heteroatoms. The van der Waals surface area contributed by atoms with E-state index in [1.165, 1.54) is 12.1 Å².